The number of fused-ring (bicyclic) bond motifs is 1. The molecular weight excluding hydrogens is 538 g/mol. The number of likely N-dealkylation sites (tertiary alicyclic amines) is 1. The zero-order valence-electron chi connectivity index (χ0n) is 22.5. The predicted molar refractivity (Wildman–Crippen MR) is 142 cm³/mol. The Morgan fingerprint density at radius 3 is 2.46 bits per heavy atom. The summed E-state index contributed by atoms with van der Waals surface area (Å²) in [5, 5.41) is 15.9. The molecule has 0 radical (unpaired) electrons. The molecule has 0 atom stereocenters. The van der Waals surface area contributed by atoms with E-state index in [-0.39, 0.29) is 55.6 Å². The van der Waals surface area contributed by atoms with Crippen LogP contribution in [0.5, 0.6) is 5.75 Å². The van der Waals surface area contributed by atoms with E-state index in [1.54, 1.807) is 36.1 Å². The van der Waals surface area contributed by atoms with Crippen LogP contribution in [0, 0.1) is 6.92 Å². The summed E-state index contributed by atoms with van der Waals surface area (Å²) in [6, 6.07) is 7.02. The van der Waals surface area contributed by atoms with Crippen LogP contribution in [0.15, 0.2) is 52.2 Å². The number of aliphatic hydroxyl groups is 1. The summed E-state index contributed by atoms with van der Waals surface area (Å²) in [6.07, 6.45) is 4.83. The van der Waals surface area contributed by atoms with Crippen molar-refractivity contribution in [1.29, 1.82) is 0 Å². The molecule has 3 aromatic heterocycles. The van der Waals surface area contributed by atoms with Crippen LogP contribution in [0.3, 0.4) is 0 Å². The molecule has 216 valence electrons. The molecule has 0 bridgehead atoms. The van der Waals surface area contributed by atoms with Crippen molar-refractivity contribution in [3.05, 3.63) is 65.0 Å². The molecule has 0 unspecified atom stereocenters. The summed E-state index contributed by atoms with van der Waals surface area (Å²) in [6.45, 7) is 2.31. The fourth-order valence-corrected chi connectivity index (χ4v) is 5.46. The van der Waals surface area contributed by atoms with Crippen molar-refractivity contribution in [2.24, 2.45) is 0 Å². The molecule has 41 heavy (non-hydrogen) atoms. The van der Waals surface area contributed by atoms with Gasteiger partial charge in [-0.05, 0) is 49.9 Å². The minimum absolute atomic E-state index is 0.0303. The first-order valence-corrected chi connectivity index (χ1v) is 13.6. The molecule has 13 heteroatoms. The highest BCUT2D eigenvalue weighted by Gasteiger charge is 2.37. The lowest BCUT2D eigenvalue weighted by atomic mass is 9.91. The van der Waals surface area contributed by atoms with Gasteiger partial charge in [-0.3, -0.25) is 14.2 Å². The van der Waals surface area contributed by atoms with Crippen molar-refractivity contribution in [3.63, 3.8) is 0 Å². The van der Waals surface area contributed by atoms with E-state index in [0.29, 0.717) is 54.3 Å². The first-order chi connectivity index (χ1) is 19.6. The number of aromatic nitrogens is 5. The van der Waals surface area contributed by atoms with Crippen molar-refractivity contribution in [2.45, 2.75) is 69.6 Å². The van der Waals surface area contributed by atoms with Crippen molar-refractivity contribution in [1.82, 2.24) is 29.2 Å². The number of benzene rings is 1. The second-order valence-electron chi connectivity index (χ2n) is 10.9. The van der Waals surface area contributed by atoms with Gasteiger partial charge in [0.05, 0.1) is 36.3 Å². The molecule has 2 fully saturated rings. The van der Waals surface area contributed by atoms with Crippen molar-refractivity contribution >= 4 is 16.9 Å². The molecule has 4 heterocycles. The molecule has 1 saturated carbocycles. The van der Waals surface area contributed by atoms with Crippen LogP contribution < -0.4 is 10.3 Å². The normalized spacial score (nSPS) is 19.0. The van der Waals surface area contributed by atoms with E-state index in [2.05, 4.69) is 15.1 Å². The molecule has 2 aliphatic rings. The number of halogens is 2. The SMILES string of the molecule is Cc1ncc(C(=O)N2CCC(O)(Cn3cnc4c(cnn4-c4ccc(OC5CCC(F)(F)CC5)cc4)c3=O)CC2)o1. The second kappa shape index (κ2) is 10.4. The van der Waals surface area contributed by atoms with Gasteiger partial charge < -0.3 is 19.2 Å². The molecule has 4 aromatic rings. The molecular formula is C28H30F2N6O5. The lowest BCUT2D eigenvalue weighted by molar-refractivity contribution is -0.0582. The van der Waals surface area contributed by atoms with E-state index < -0.39 is 11.5 Å². The summed E-state index contributed by atoms with van der Waals surface area (Å²) in [4.78, 5) is 35.9. The summed E-state index contributed by atoms with van der Waals surface area (Å²) in [7, 11) is 0. The Kier molecular flexibility index (Phi) is 6.84. The average molecular weight is 569 g/mol. The largest absolute Gasteiger partial charge is 0.490 e. The standard InChI is InChI=1S/C28H30F2N6O5/c1-18-31-15-23(40-18)26(38)34-12-10-27(39,11-13-34)16-35-17-32-24-22(25(35)37)14-33-36(24)19-2-4-20(5-3-19)41-21-6-8-28(29,30)9-7-21/h2-5,14-15,17,21,39H,6-13,16H2,1H3. The van der Waals surface area contributed by atoms with E-state index in [9.17, 15) is 23.5 Å². The molecule has 1 aliphatic heterocycles. The Morgan fingerprint density at radius 1 is 1.10 bits per heavy atom. The van der Waals surface area contributed by atoms with Crippen molar-refractivity contribution < 1.29 is 27.8 Å². The van der Waals surface area contributed by atoms with Crippen LogP contribution in [-0.4, -0.2) is 70.9 Å². The average Bonchev–Trinajstić information content (AvgIpc) is 3.59. The number of nitrogens with zero attached hydrogens (tertiary/aromatic N) is 6. The number of carbonyl (C=O) groups is 1. The number of alkyl halides is 2. The third-order valence-electron chi connectivity index (χ3n) is 7.88. The van der Waals surface area contributed by atoms with Gasteiger partial charge in [0.25, 0.3) is 11.5 Å². The molecule has 0 spiro atoms. The number of hydrogen-bond donors (Lipinski definition) is 1. The third kappa shape index (κ3) is 5.58. The van der Waals surface area contributed by atoms with Gasteiger partial charge in [-0.2, -0.15) is 5.10 Å². The maximum atomic E-state index is 13.4. The Morgan fingerprint density at radius 2 is 1.80 bits per heavy atom. The molecule has 1 aromatic carbocycles. The Bertz CT molecular complexity index is 1610. The van der Waals surface area contributed by atoms with Crippen LogP contribution in [0.2, 0.25) is 0 Å². The van der Waals surface area contributed by atoms with E-state index in [0.717, 1.165) is 0 Å². The first kappa shape index (κ1) is 27.1. The minimum atomic E-state index is -2.61. The highest BCUT2D eigenvalue weighted by molar-refractivity contribution is 5.91. The lowest BCUT2D eigenvalue weighted by Gasteiger charge is -2.38. The number of ether oxygens (including phenoxy) is 1. The number of oxazole rings is 1. The molecule has 1 amide bonds. The number of carbonyl (C=O) groups excluding carboxylic acids is 1. The quantitative estimate of drug-likeness (QED) is 0.374. The number of piperidine rings is 1. The molecule has 1 saturated heterocycles. The van der Waals surface area contributed by atoms with Gasteiger partial charge in [0.2, 0.25) is 11.7 Å². The lowest BCUT2D eigenvalue weighted by Crippen LogP contribution is -2.49. The van der Waals surface area contributed by atoms with Gasteiger partial charge in [0.1, 0.15) is 17.5 Å². The molecule has 6 rings (SSSR count). The number of amides is 1. The fraction of sp³-hybridized carbons (Fsp3) is 0.464. The topological polar surface area (TPSA) is 129 Å². The maximum Gasteiger partial charge on any atom is 0.291 e. The first-order valence-electron chi connectivity index (χ1n) is 13.6. The number of hydrogen-bond acceptors (Lipinski definition) is 8. The monoisotopic (exact) mass is 568 g/mol. The second-order valence-corrected chi connectivity index (χ2v) is 10.9. The summed E-state index contributed by atoms with van der Waals surface area (Å²) < 4.78 is 40.9. The van der Waals surface area contributed by atoms with Gasteiger partial charge in [-0.1, -0.05) is 0 Å². The van der Waals surface area contributed by atoms with Crippen LogP contribution in [0.4, 0.5) is 8.78 Å². The third-order valence-corrected chi connectivity index (χ3v) is 7.88. The van der Waals surface area contributed by atoms with E-state index in [4.69, 9.17) is 9.15 Å². The van der Waals surface area contributed by atoms with E-state index >= 15 is 0 Å². The summed E-state index contributed by atoms with van der Waals surface area (Å²) in [5.74, 6) is -1.74. The van der Waals surface area contributed by atoms with Crippen molar-refractivity contribution in [3.8, 4) is 11.4 Å². The van der Waals surface area contributed by atoms with Crippen LogP contribution in [-0.2, 0) is 6.54 Å². The zero-order valence-corrected chi connectivity index (χ0v) is 22.5. The van der Waals surface area contributed by atoms with Gasteiger partial charge >= 0.3 is 0 Å². The summed E-state index contributed by atoms with van der Waals surface area (Å²) in [5.41, 5.74) is -0.499. The molecule has 11 nitrogen and oxygen atoms in total. The van der Waals surface area contributed by atoms with Crippen LogP contribution >= 0.6 is 0 Å². The number of rotatable bonds is 6. The minimum Gasteiger partial charge on any atom is -0.490 e. The predicted octanol–water partition coefficient (Wildman–Crippen LogP) is 3.50. The maximum absolute atomic E-state index is 13.4. The van der Waals surface area contributed by atoms with E-state index in [1.165, 1.54) is 28.0 Å². The van der Waals surface area contributed by atoms with Gasteiger partial charge in [-0.15, -0.1) is 0 Å². The fourth-order valence-electron chi connectivity index (χ4n) is 5.46. The Labute approximate surface area is 233 Å². The zero-order chi connectivity index (χ0) is 28.8. The highest BCUT2D eigenvalue weighted by atomic mass is 19.3. The molecule has 1 N–H and O–H groups in total. The van der Waals surface area contributed by atoms with E-state index in [1.807, 2.05) is 0 Å². The number of aryl methyl sites for hydroxylation is 1. The Balaban J connectivity index is 1.12. The highest BCUT2D eigenvalue weighted by Crippen LogP contribution is 2.35. The van der Waals surface area contributed by atoms with Crippen molar-refractivity contribution in [2.75, 3.05) is 13.1 Å². The van der Waals surface area contributed by atoms with Gasteiger partial charge in [-0.25, -0.2) is 23.4 Å². The van der Waals surface area contributed by atoms with Crippen LogP contribution in [0.25, 0.3) is 16.7 Å². The van der Waals surface area contributed by atoms with Gasteiger partial charge in [0.15, 0.2) is 11.5 Å². The van der Waals surface area contributed by atoms with Crippen LogP contribution in [0.1, 0.15) is 55.0 Å². The molecule has 1 aliphatic carbocycles. The van der Waals surface area contributed by atoms with Gasteiger partial charge in [0, 0.05) is 32.9 Å². The Hall–Kier alpha value is -4.13. The summed E-state index contributed by atoms with van der Waals surface area (Å²) >= 11 is 0. The smallest absolute Gasteiger partial charge is 0.291 e.